The van der Waals surface area contributed by atoms with Crippen molar-refractivity contribution in [1.82, 2.24) is 15.2 Å². The summed E-state index contributed by atoms with van der Waals surface area (Å²) in [6, 6.07) is 0.0639. The van der Waals surface area contributed by atoms with E-state index in [0.29, 0.717) is 19.8 Å². The standard InChI is InChI=1S/C16H25N3O2S/c1-4-5-6-7-12(2)18-16(20)19-8-9-21-10-14(19)15-17-13(3)11-22-15/h4,11-12,14H,1,5-10H2,2-3H3,(H,18,20)/t12-,14+/m1/s1. The highest BCUT2D eigenvalue weighted by molar-refractivity contribution is 7.09. The summed E-state index contributed by atoms with van der Waals surface area (Å²) >= 11 is 1.59. The van der Waals surface area contributed by atoms with Gasteiger partial charge < -0.3 is 15.0 Å². The number of urea groups is 1. The Labute approximate surface area is 136 Å². The number of nitrogens with zero attached hydrogens (tertiary/aromatic N) is 2. The number of carbonyl (C=O) groups excluding carboxylic acids is 1. The molecule has 1 aliphatic heterocycles. The van der Waals surface area contributed by atoms with Crippen molar-refractivity contribution in [2.24, 2.45) is 0 Å². The number of ether oxygens (including phenoxy) is 1. The van der Waals surface area contributed by atoms with Crippen LogP contribution in [0, 0.1) is 6.92 Å². The van der Waals surface area contributed by atoms with Crippen LogP contribution in [-0.2, 0) is 4.74 Å². The van der Waals surface area contributed by atoms with Crippen molar-refractivity contribution in [1.29, 1.82) is 0 Å². The number of unbranched alkanes of at least 4 members (excludes halogenated alkanes) is 1. The molecular weight excluding hydrogens is 298 g/mol. The largest absolute Gasteiger partial charge is 0.377 e. The first-order valence-corrected chi connectivity index (χ1v) is 8.67. The lowest BCUT2D eigenvalue weighted by atomic mass is 10.1. The molecule has 0 saturated carbocycles. The van der Waals surface area contributed by atoms with Crippen molar-refractivity contribution in [3.63, 3.8) is 0 Å². The average Bonchev–Trinajstić information content (AvgIpc) is 2.94. The van der Waals surface area contributed by atoms with E-state index < -0.39 is 0 Å². The van der Waals surface area contributed by atoms with Gasteiger partial charge in [0.25, 0.3) is 0 Å². The highest BCUT2D eigenvalue weighted by atomic mass is 32.1. The Morgan fingerprint density at radius 3 is 3.23 bits per heavy atom. The second-order valence-corrected chi connectivity index (χ2v) is 6.57. The number of thiazole rings is 1. The molecule has 122 valence electrons. The Morgan fingerprint density at radius 1 is 1.73 bits per heavy atom. The first-order chi connectivity index (χ1) is 10.6. The Bertz CT molecular complexity index is 503. The quantitative estimate of drug-likeness (QED) is 0.646. The van der Waals surface area contributed by atoms with E-state index in [2.05, 4.69) is 16.9 Å². The summed E-state index contributed by atoms with van der Waals surface area (Å²) in [7, 11) is 0. The van der Waals surface area contributed by atoms with Gasteiger partial charge in [0.05, 0.1) is 13.2 Å². The zero-order chi connectivity index (χ0) is 15.9. The number of nitrogens with one attached hydrogen (secondary N) is 1. The van der Waals surface area contributed by atoms with Crippen LogP contribution >= 0.6 is 11.3 Å². The molecule has 5 nitrogen and oxygen atoms in total. The molecule has 0 radical (unpaired) electrons. The highest BCUT2D eigenvalue weighted by Crippen LogP contribution is 2.27. The minimum absolute atomic E-state index is 0.0211. The number of hydrogen-bond donors (Lipinski definition) is 1. The van der Waals surface area contributed by atoms with Gasteiger partial charge in [0.2, 0.25) is 0 Å². The summed E-state index contributed by atoms with van der Waals surface area (Å²) in [5.74, 6) is 0. The summed E-state index contributed by atoms with van der Waals surface area (Å²) in [6.07, 6.45) is 4.91. The Kier molecular flexibility index (Phi) is 6.39. The molecule has 0 unspecified atom stereocenters. The first kappa shape index (κ1) is 17.0. The van der Waals surface area contributed by atoms with Gasteiger partial charge in [-0.3, -0.25) is 0 Å². The highest BCUT2D eigenvalue weighted by Gasteiger charge is 2.31. The lowest BCUT2D eigenvalue weighted by Crippen LogP contribution is -2.50. The van der Waals surface area contributed by atoms with Gasteiger partial charge in [0.15, 0.2) is 0 Å². The summed E-state index contributed by atoms with van der Waals surface area (Å²) in [6.45, 7) is 9.44. The number of carbonyl (C=O) groups is 1. The summed E-state index contributed by atoms with van der Waals surface area (Å²) in [4.78, 5) is 18.9. The van der Waals surface area contributed by atoms with E-state index in [1.807, 2.05) is 30.2 Å². The predicted molar refractivity (Wildman–Crippen MR) is 89.2 cm³/mol. The monoisotopic (exact) mass is 323 g/mol. The number of morpholine rings is 1. The summed E-state index contributed by atoms with van der Waals surface area (Å²) in [5.41, 5.74) is 0.990. The van der Waals surface area contributed by atoms with Crippen molar-refractivity contribution in [2.75, 3.05) is 19.8 Å². The molecule has 0 bridgehead atoms. The maximum Gasteiger partial charge on any atom is 0.318 e. The molecule has 22 heavy (non-hydrogen) atoms. The van der Waals surface area contributed by atoms with Crippen LogP contribution in [0.5, 0.6) is 0 Å². The Balaban J connectivity index is 1.95. The van der Waals surface area contributed by atoms with E-state index in [-0.39, 0.29) is 18.1 Å². The minimum Gasteiger partial charge on any atom is -0.377 e. The second kappa shape index (κ2) is 8.29. The SMILES string of the molecule is C=CCCC[C@@H](C)NC(=O)N1CCOC[C@H]1c1nc(C)cs1. The van der Waals surface area contributed by atoms with Crippen molar-refractivity contribution < 1.29 is 9.53 Å². The fourth-order valence-electron chi connectivity index (χ4n) is 2.51. The third-order valence-corrected chi connectivity index (χ3v) is 4.79. The fraction of sp³-hybridized carbons (Fsp3) is 0.625. The van der Waals surface area contributed by atoms with Crippen LogP contribution < -0.4 is 5.32 Å². The molecule has 6 heteroatoms. The fourth-order valence-corrected chi connectivity index (χ4v) is 3.40. The molecule has 2 amide bonds. The van der Waals surface area contributed by atoms with Gasteiger partial charge in [-0.15, -0.1) is 17.9 Å². The van der Waals surface area contributed by atoms with E-state index in [0.717, 1.165) is 30.0 Å². The van der Waals surface area contributed by atoms with Crippen LogP contribution in [0.4, 0.5) is 4.79 Å². The van der Waals surface area contributed by atoms with E-state index in [1.165, 1.54) is 0 Å². The van der Waals surface area contributed by atoms with Gasteiger partial charge in [-0.25, -0.2) is 9.78 Å². The van der Waals surface area contributed by atoms with Gasteiger partial charge in [0.1, 0.15) is 11.0 Å². The average molecular weight is 323 g/mol. The molecule has 0 spiro atoms. The van der Waals surface area contributed by atoms with Gasteiger partial charge in [-0.1, -0.05) is 6.08 Å². The lowest BCUT2D eigenvalue weighted by molar-refractivity contribution is 0.0110. The summed E-state index contributed by atoms with van der Waals surface area (Å²) in [5, 5.41) is 6.05. The van der Waals surface area contributed by atoms with Crippen LogP contribution in [-0.4, -0.2) is 41.7 Å². The molecule has 2 atom stereocenters. The molecule has 2 rings (SSSR count). The van der Waals surface area contributed by atoms with Crippen molar-refractivity contribution in [3.8, 4) is 0 Å². The van der Waals surface area contributed by atoms with Crippen molar-refractivity contribution in [3.05, 3.63) is 28.7 Å². The number of aryl methyl sites for hydroxylation is 1. The van der Waals surface area contributed by atoms with Gasteiger partial charge in [0, 0.05) is 23.7 Å². The van der Waals surface area contributed by atoms with E-state index >= 15 is 0 Å². The number of hydrogen-bond acceptors (Lipinski definition) is 4. The third kappa shape index (κ3) is 4.55. The smallest absolute Gasteiger partial charge is 0.318 e. The molecular formula is C16H25N3O2S. The minimum atomic E-state index is -0.0761. The van der Waals surface area contributed by atoms with Gasteiger partial charge in [-0.2, -0.15) is 0 Å². The number of amides is 2. The topological polar surface area (TPSA) is 54.5 Å². The third-order valence-electron chi connectivity index (χ3n) is 3.73. The van der Waals surface area contributed by atoms with Gasteiger partial charge in [-0.05, 0) is 33.1 Å². The summed E-state index contributed by atoms with van der Waals surface area (Å²) < 4.78 is 5.54. The zero-order valence-electron chi connectivity index (χ0n) is 13.4. The normalized spacial score (nSPS) is 19.7. The number of allylic oxidation sites excluding steroid dienone is 1. The van der Waals surface area contributed by atoms with Gasteiger partial charge >= 0.3 is 6.03 Å². The van der Waals surface area contributed by atoms with Crippen molar-refractivity contribution >= 4 is 17.4 Å². The van der Waals surface area contributed by atoms with Crippen LogP contribution in [0.25, 0.3) is 0 Å². The Hall–Kier alpha value is -1.40. The lowest BCUT2D eigenvalue weighted by Gasteiger charge is -2.35. The zero-order valence-corrected chi connectivity index (χ0v) is 14.2. The molecule has 1 saturated heterocycles. The molecule has 1 aromatic heterocycles. The van der Waals surface area contributed by atoms with E-state index in [1.54, 1.807) is 11.3 Å². The van der Waals surface area contributed by atoms with Crippen LogP contribution in [0.3, 0.4) is 0 Å². The number of rotatable bonds is 6. The van der Waals surface area contributed by atoms with E-state index in [4.69, 9.17) is 4.74 Å². The van der Waals surface area contributed by atoms with Crippen LogP contribution in [0.2, 0.25) is 0 Å². The molecule has 1 fully saturated rings. The maximum atomic E-state index is 12.5. The molecule has 1 aromatic rings. The van der Waals surface area contributed by atoms with Crippen molar-refractivity contribution in [2.45, 2.75) is 45.2 Å². The first-order valence-electron chi connectivity index (χ1n) is 7.79. The predicted octanol–water partition coefficient (Wildman–Crippen LogP) is 3.28. The van der Waals surface area contributed by atoms with E-state index in [9.17, 15) is 4.79 Å². The van der Waals surface area contributed by atoms with Crippen LogP contribution in [0.1, 0.15) is 42.9 Å². The molecule has 1 N–H and O–H groups in total. The molecule has 0 aliphatic carbocycles. The molecule has 1 aliphatic rings. The molecule has 2 heterocycles. The molecule has 0 aromatic carbocycles. The van der Waals surface area contributed by atoms with Crippen LogP contribution in [0.15, 0.2) is 18.0 Å². The second-order valence-electron chi connectivity index (χ2n) is 5.68. The number of aromatic nitrogens is 1. The maximum absolute atomic E-state index is 12.5. The Morgan fingerprint density at radius 2 is 2.55 bits per heavy atom.